The largest absolute Gasteiger partial charge is 0.479 e. The highest BCUT2D eigenvalue weighted by Crippen LogP contribution is 2.27. The molecule has 0 saturated heterocycles. The van der Waals surface area contributed by atoms with Crippen LogP contribution < -0.4 is 11.5 Å². The van der Waals surface area contributed by atoms with Crippen LogP contribution in [0.25, 0.3) is 11.0 Å². The van der Waals surface area contributed by atoms with Crippen molar-refractivity contribution >= 4 is 28.6 Å². The summed E-state index contributed by atoms with van der Waals surface area (Å²) in [6, 6.07) is 2.90. The number of H-pyrrole nitrogens is 1. The lowest BCUT2D eigenvalue weighted by Gasteiger charge is -2.07. The van der Waals surface area contributed by atoms with Gasteiger partial charge in [0.15, 0.2) is 12.1 Å². The normalized spacial score (nSPS) is 12.8. The van der Waals surface area contributed by atoms with Crippen LogP contribution in [0.1, 0.15) is 11.7 Å². The lowest BCUT2D eigenvalue weighted by molar-refractivity contribution is -0.146. The van der Waals surface area contributed by atoms with Gasteiger partial charge in [0.1, 0.15) is 0 Å². The van der Waals surface area contributed by atoms with Crippen LogP contribution in [0.2, 0.25) is 0 Å². The Hall–Kier alpha value is -2.28. The maximum Gasteiger partial charge on any atom is 0.337 e. The standard InChI is InChI=1S/C9H10N4O3/c10-4-2-1-3(7(14)8(15)16)5-6(4)13-9(11)12-5/h1-2,7,14H,10H2,(H,15,16)(H3,11,12,13). The zero-order chi connectivity index (χ0) is 11.9. The Morgan fingerprint density at radius 3 is 2.75 bits per heavy atom. The highest BCUT2D eigenvalue weighted by Gasteiger charge is 2.21. The van der Waals surface area contributed by atoms with Gasteiger partial charge in [-0.25, -0.2) is 9.78 Å². The molecule has 1 aromatic heterocycles. The second kappa shape index (κ2) is 3.38. The summed E-state index contributed by atoms with van der Waals surface area (Å²) in [6.07, 6.45) is -1.65. The predicted octanol–water partition coefficient (Wildman–Crippen LogP) is -0.155. The van der Waals surface area contributed by atoms with Crippen molar-refractivity contribution in [2.75, 3.05) is 11.5 Å². The molecular formula is C9H10N4O3. The Balaban J connectivity index is 2.71. The minimum absolute atomic E-state index is 0.117. The summed E-state index contributed by atoms with van der Waals surface area (Å²) in [5.74, 6) is -1.24. The average Bonchev–Trinajstić information content (AvgIpc) is 2.60. The van der Waals surface area contributed by atoms with Gasteiger partial charge in [0.05, 0.1) is 16.7 Å². The topological polar surface area (TPSA) is 138 Å². The summed E-state index contributed by atoms with van der Waals surface area (Å²) in [7, 11) is 0. The number of nitrogens with two attached hydrogens (primary N) is 2. The number of carboxylic acid groups (broad SMARTS) is 1. The van der Waals surface area contributed by atoms with Crippen molar-refractivity contribution in [2.24, 2.45) is 0 Å². The molecule has 0 aliphatic rings. The summed E-state index contributed by atoms with van der Waals surface area (Å²) in [4.78, 5) is 17.3. The van der Waals surface area contributed by atoms with E-state index in [0.29, 0.717) is 11.2 Å². The number of aromatic amines is 1. The number of fused-ring (bicyclic) bond motifs is 1. The van der Waals surface area contributed by atoms with Gasteiger partial charge in [0, 0.05) is 5.56 Å². The van der Waals surface area contributed by atoms with Crippen LogP contribution in [-0.4, -0.2) is 26.2 Å². The summed E-state index contributed by atoms with van der Waals surface area (Å²) in [5, 5.41) is 18.2. The zero-order valence-electron chi connectivity index (χ0n) is 8.14. The fourth-order valence-corrected chi connectivity index (χ4v) is 1.50. The molecule has 7 heteroatoms. The molecule has 0 aliphatic carbocycles. The first-order chi connectivity index (χ1) is 7.50. The number of aromatic nitrogens is 2. The molecule has 2 rings (SSSR count). The molecule has 0 bridgehead atoms. The fourth-order valence-electron chi connectivity index (χ4n) is 1.50. The molecule has 0 spiro atoms. The van der Waals surface area contributed by atoms with Crippen molar-refractivity contribution in [1.82, 2.24) is 9.97 Å². The second-order valence-corrected chi connectivity index (χ2v) is 3.33. The monoisotopic (exact) mass is 222 g/mol. The number of rotatable bonds is 2. The summed E-state index contributed by atoms with van der Waals surface area (Å²) >= 11 is 0. The molecule has 7 nitrogen and oxygen atoms in total. The van der Waals surface area contributed by atoms with Gasteiger partial charge in [-0.3, -0.25) is 0 Å². The Labute approximate surface area is 89.7 Å². The smallest absolute Gasteiger partial charge is 0.337 e. The van der Waals surface area contributed by atoms with E-state index in [1.165, 1.54) is 12.1 Å². The Kier molecular flexibility index (Phi) is 2.17. The highest BCUT2D eigenvalue weighted by molar-refractivity contribution is 5.93. The lowest BCUT2D eigenvalue weighted by atomic mass is 10.1. The van der Waals surface area contributed by atoms with E-state index in [2.05, 4.69) is 9.97 Å². The van der Waals surface area contributed by atoms with E-state index < -0.39 is 12.1 Å². The summed E-state index contributed by atoms with van der Waals surface area (Å²) in [6.45, 7) is 0. The molecule has 0 aliphatic heterocycles. The van der Waals surface area contributed by atoms with Gasteiger partial charge in [0.25, 0.3) is 0 Å². The van der Waals surface area contributed by atoms with Gasteiger partial charge < -0.3 is 26.7 Å². The molecule has 84 valence electrons. The van der Waals surface area contributed by atoms with Crippen LogP contribution in [0, 0.1) is 0 Å². The van der Waals surface area contributed by atoms with E-state index in [-0.39, 0.29) is 17.0 Å². The maximum atomic E-state index is 10.7. The zero-order valence-corrected chi connectivity index (χ0v) is 8.14. The Morgan fingerprint density at radius 1 is 1.44 bits per heavy atom. The van der Waals surface area contributed by atoms with Crippen molar-refractivity contribution in [3.63, 3.8) is 0 Å². The molecule has 0 saturated carbocycles. The van der Waals surface area contributed by atoms with Gasteiger partial charge in [-0.15, -0.1) is 0 Å². The van der Waals surface area contributed by atoms with Gasteiger partial charge in [-0.2, -0.15) is 0 Å². The third-order valence-electron chi connectivity index (χ3n) is 2.26. The van der Waals surface area contributed by atoms with Gasteiger partial charge in [0.2, 0.25) is 0 Å². The number of hydrogen-bond acceptors (Lipinski definition) is 5. The number of aliphatic hydroxyl groups is 1. The predicted molar refractivity (Wildman–Crippen MR) is 57.5 cm³/mol. The molecule has 1 aromatic carbocycles. The van der Waals surface area contributed by atoms with E-state index in [4.69, 9.17) is 16.6 Å². The molecule has 1 atom stereocenters. The summed E-state index contributed by atoms with van der Waals surface area (Å²) in [5.41, 5.74) is 12.4. The number of nitrogen functional groups attached to an aromatic ring is 2. The van der Waals surface area contributed by atoms with E-state index in [9.17, 15) is 9.90 Å². The SMILES string of the molecule is Nc1nc2c(C(O)C(=O)O)ccc(N)c2[nH]1. The quantitative estimate of drug-likeness (QED) is 0.448. The number of aliphatic hydroxyl groups excluding tert-OH is 1. The number of imidazole rings is 1. The van der Waals surface area contributed by atoms with E-state index >= 15 is 0 Å². The molecule has 0 fully saturated rings. The van der Waals surface area contributed by atoms with Crippen molar-refractivity contribution < 1.29 is 15.0 Å². The second-order valence-electron chi connectivity index (χ2n) is 3.33. The molecule has 7 N–H and O–H groups in total. The molecule has 2 aromatic rings. The van der Waals surface area contributed by atoms with Crippen molar-refractivity contribution in [1.29, 1.82) is 0 Å². The van der Waals surface area contributed by atoms with Crippen LogP contribution in [-0.2, 0) is 4.79 Å². The van der Waals surface area contributed by atoms with Crippen LogP contribution in [0.4, 0.5) is 11.6 Å². The van der Waals surface area contributed by atoms with Crippen molar-refractivity contribution in [3.8, 4) is 0 Å². The number of carbonyl (C=O) groups is 1. The molecule has 1 unspecified atom stereocenters. The van der Waals surface area contributed by atoms with E-state index in [1.54, 1.807) is 0 Å². The molecule has 0 radical (unpaired) electrons. The number of aliphatic carboxylic acids is 1. The Morgan fingerprint density at radius 2 is 2.12 bits per heavy atom. The molecule has 0 amide bonds. The van der Waals surface area contributed by atoms with Crippen molar-refractivity contribution in [3.05, 3.63) is 17.7 Å². The minimum atomic E-state index is -1.65. The first-order valence-corrected chi connectivity index (χ1v) is 4.45. The lowest BCUT2D eigenvalue weighted by Crippen LogP contribution is -2.11. The number of hydrogen-bond donors (Lipinski definition) is 5. The third-order valence-corrected chi connectivity index (χ3v) is 2.26. The molecule has 1 heterocycles. The number of carboxylic acids is 1. The number of nitrogens with zero attached hydrogens (tertiary/aromatic N) is 1. The summed E-state index contributed by atoms with van der Waals surface area (Å²) < 4.78 is 0. The number of benzene rings is 1. The van der Waals surface area contributed by atoms with Crippen LogP contribution in [0.3, 0.4) is 0 Å². The first-order valence-electron chi connectivity index (χ1n) is 4.45. The van der Waals surface area contributed by atoms with Gasteiger partial charge in [-0.1, -0.05) is 6.07 Å². The first kappa shape index (κ1) is 10.2. The number of anilines is 2. The third kappa shape index (κ3) is 1.43. The minimum Gasteiger partial charge on any atom is -0.479 e. The van der Waals surface area contributed by atoms with Crippen LogP contribution in [0.15, 0.2) is 12.1 Å². The maximum absolute atomic E-state index is 10.7. The van der Waals surface area contributed by atoms with E-state index in [0.717, 1.165) is 0 Å². The van der Waals surface area contributed by atoms with Crippen LogP contribution >= 0.6 is 0 Å². The van der Waals surface area contributed by atoms with Crippen LogP contribution in [0.5, 0.6) is 0 Å². The van der Waals surface area contributed by atoms with Gasteiger partial charge in [-0.05, 0) is 6.07 Å². The van der Waals surface area contributed by atoms with E-state index in [1.807, 2.05) is 0 Å². The van der Waals surface area contributed by atoms with Crippen molar-refractivity contribution in [2.45, 2.75) is 6.10 Å². The number of nitrogens with one attached hydrogen (secondary N) is 1. The average molecular weight is 222 g/mol. The fraction of sp³-hybridized carbons (Fsp3) is 0.111. The highest BCUT2D eigenvalue weighted by atomic mass is 16.4. The molecule has 16 heavy (non-hydrogen) atoms. The molecular weight excluding hydrogens is 212 g/mol. The Bertz CT molecular complexity index is 563. The van der Waals surface area contributed by atoms with Gasteiger partial charge >= 0.3 is 5.97 Å².